The fourth-order valence-electron chi connectivity index (χ4n) is 1.58. The number of aryl methyl sites for hydroxylation is 1. The third-order valence-corrected chi connectivity index (χ3v) is 3.07. The highest BCUT2D eigenvalue weighted by molar-refractivity contribution is 6.31. The van der Waals surface area contributed by atoms with Crippen LogP contribution < -0.4 is 0 Å². The number of hydrogen-bond donors (Lipinski definition) is 0. The van der Waals surface area contributed by atoms with Crippen molar-refractivity contribution in [3.05, 3.63) is 46.5 Å². The maximum atomic E-state index is 6.00. The molecule has 0 aromatic heterocycles. The molecule has 82 valence electrons. The zero-order chi connectivity index (χ0) is 11.3. The van der Waals surface area contributed by atoms with Gasteiger partial charge in [-0.15, -0.1) is 0 Å². The average molecular weight is 223 g/mol. The molecule has 0 saturated carbocycles. The largest absolute Gasteiger partial charge is 0.0888 e. The van der Waals surface area contributed by atoms with Gasteiger partial charge >= 0.3 is 0 Å². The minimum atomic E-state index is 0.573. The molecule has 0 spiro atoms. The van der Waals surface area contributed by atoms with Crippen LogP contribution in [-0.2, 0) is 0 Å². The van der Waals surface area contributed by atoms with Crippen molar-refractivity contribution in [2.75, 3.05) is 0 Å². The van der Waals surface area contributed by atoms with E-state index in [1.165, 1.54) is 11.1 Å². The van der Waals surface area contributed by atoms with Gasteiger partial charge in [-0.1, -0.05) is 49.7 Å². The van der Waals surface area contributed by atoms with Crippen LogP contribution in [0.5, 0.6) is 0 Å². The molecule has 0 nitrogen and oxygen atoms in total. The van der Waals surface area contributed by atoms with Gasteiger partial charge in [-0.3, -0.25) is 0 Å². The lowest BCUT2D eigenvalue weighted by Gasteiger charge is -2.10. The van der Waals surface area contributed by atoms with Crippen molar-refractivity contribution in [3.63, 3.8) is 0 Å². The summed E-state index contributed by atoms with van der Waals surface area (Å²) in [4.78, 5) is 0. The molecule has 1 aromatic rings. The van der Waals surface area contributed by atoms with Crippen molar-refractivity contribution < 1.29 is 0 Å². The molecular weight excluding hydrogens is 204 g/mol. The Morgan fingerprint density at radius 1 is 1.33 bits per heavy atom. The van der Waals surface area contributed by atoms with Crippen molar-refractivity contribution >= 4 is 11.6 Å². The van der Waals surface area contributed by atoms with Gasteiger partial charge in [0.1, 0.15) is 0 Å². The fraction of sp³-hybridized carbons (Fsp3) is 0.429. The van der Waals surface area contributed by atoms with E-state index in [1.807, 2.05) is 6.07 Å². The number of allylic oxidation sites excluding steroid dienone is 2. The Bertz CT molecular complexity index is 339. The number of rotatable bonds is 4. The highest BCUT2D eigenvalue weighted by atomic mass is 35.5. The molecule has 0 aliphatic heterocycles. The maximum absolute atomic E-state index is 6.00. The second kappa shape index (κ2) is 5.97. The topological polar surface area (TPSA) is 0 Å². The van der Waals surface area contributed by atoms with Crippen LogP contribution in [0.15, 0.2) is 30.4 Å². The minimum Gasteiger partial charge on any atom is -0.0888 e. The molecule has 0 heterocycles. The molecule has 0 radical (unpaired) electrons. The lowest BCUT2D eigenvalue weighted by Crippen LogP contribution is -1.92. The molecule has 0 aliphatic carbocycles. The van der Waals surface area contributed by atoms with Gasteiger partial charge in [0.25, 0.3) is 0 Å². The summed E-state index contributed by atoms with van der Waals surface area (Å²) < 4.78 is 0. The normalized spacial score (nSPS) is 13.3. The van der Waals surface area contributed by atoms with Crippen molar-refractivity contribution in [1.29, 1.82) is 0 Å². The smallest absolute Gasteiger partial charge is 0.0435 e. The van der Waals surface area contributed by atoms with Gasteiger partial charge < -0.3 is 0 Å². The molecule has 1 unspecified atom stereocenters. The molecular formula is C14H19Cl. The summed E-state index contributed by atoms with van der Waals surface area (Å²) in [5.74, 6) is 0.573. The molecule has 1 heteroatoms. The van der Waals surface area contributed by atoms with Crippen LogP contribution in [0.4, 0.5) is 0 Å². The monoisotopic (exact) mass is 222 g/mol. The summed E-state index contributed by atoms with van der Waals surface area (Å²) in [6.45, 7) is 6.47. The molecule has 0 N–H and O–H groups in total. The fourth-order valence-corrected chi connectivity index (χ4v) is 1.70. The summed E-state index contributed by atoms with van der Waals surface area (Å²) in [5, 5.41) is 0.857. The molecule has 0 fully saturated rings. The molecule has 1 rings (SSSR count). The summed E-state index contributed by atoms with van der Waals surface area (Å²) in [6.07, 6.45) is 6.70. The first-order valence-corrected chi connectivity index (χ1v) is 5.94. The third-order valence-electron chi connectivity index (χ3n) is 2.64. The Balaban J connectivity index is 2.69. The molecule has 15 heavy (non-hydrogen) atoms. The third kappa shape index (κ3) is 3.71. The Morgan fingerprint density at radius 2 is 2.07 bits per heavy atom. The van der Waals surface area contributed by atoms with E-state index in [4.69, 9.17) is 11.6 Å². The summed E-state index contributed by atoms with van der Waals surface area (Å²) in [5.41, 5.74) is 2.54. The van der Waals surface area contributed by atoms with Crippen LogP contribution in [0, 0.1) is 6.92 Å². The predicted octanol–water partition coefficient (Wildman–Crippen LogP) is 5.11. The van der Waals surface area contributed by atoms with E-state index >= 15 is 0 Å². The summed E-state index contributed by atoms with van der Waals surface area (Å²) in [6, 6.07) is 6.30. The van der Waals surface area contributed by atoms with Crippen LogP contribution in [0.25, 0.3) is 0 Å². The second-order valence-electron chi connectivity index (χ2n) is 4.03. The number of hydrogen-bond acceptors (Lipinski definition) is 0. The molecule has 0 saturated heterocycles. The van der Waals surface area contributed by atoms with Gasteiger partial charge in [0.15, 0.2) is 0 Å². The van der Waals surface area contributed by atoms with Gasteiger partial charge in [0.2, 0.25) is 0 Å². The van der Waals surface area contributed by atoms with Crippen LogP contribution in [-0.4, -0.2) is 0 Å². The van der Waals surface area contributed by atoms with E-state index in [0.29, 0.717) is 5.92 Å². The first-order chi connectivity index (χ1) is 7.15. The Kier molecular flexibility index (Phi) is 4.90. The van der Waals surface area contributed by atoms with E-state index in [-0.39, 0.29) is 0 Å². The lowest BCUT2D eigenvalue weighted by atomic mass is 9.96. The number of benzene rings is 1. The quantitative estimate of drug-likeness (QED) is 0.622. The van der Waals surface area contributed by atoms with Crippen LogP contribution in [0.1, 0.15) is 43.7 Å². The maximum Gasteiger partial charge on any atom is 0.0435 e. The zero-order valence-electron chi connectivity index (χ0n) is 9.76. The average Bonchev–Trinajstić information content (AvgIpc) is 2.22. The second-order valence-corrected chi connectivity index (χ2v) is 4.43. The van der Waals surface area contributed by atoms with E-state index in [9.17, 15) is 0 Å². The van der Waals surface area contributed by atoms with Gasteiger partial charge in [-0.2, -0.15) is 0 Å². The Morgan fingerprint density at radius 3 is 2.67 bits per heavy atom. The minimum absolute atomic E-state index is 0.573. The molecule has 0 bridgehead atoms. The van der Waals surface area contributed by atoms with E-state index in [2.05, 4.69) is 45.1 Å². The Labute approximate surface area is 98.0 Å². The molecule has 0 aliphatic rings. The number of halogens is 1. The first kappa shape index (κ1) is 12.3. The lowest BCUT2D eigenvalue weighted by molar-refractivity contribution is 0.777. The van der Waals surface area contributed by atoms with Crippen molar-refractivity contribution in [2.45, 2.75) is 39.5 Å². The van der Waals surface area contributed by atoms with E-state index in [0.717, 1.165) is 17.9 Å². The Hall–Kier alpha value is -0.750. The van der Waals surface area contributed by atoms with Crippen LogP contribution >= 0.6 is 11.6 Å². The van der Waals surface area contributed by atoms with Crippen molar-refractivity contribution in [1.82, 2.24) is 0 Å². The van der Waals surface area contributed by atoms with E-state index < -0.39 is 0 Å². The van der Waals surface area contributed by atoms with Gasteiger partial charge in [-0.25, -0.2) is 0 Å². The molecule has 0 amide bonds. The van der Waals surface area contributed by atoms with Gasteiger partial charge in [0.05, 0.1) is 0 Å². The predicted molar refractivity (Wildman–Crippen MR) is 68.7 cm³/mol. The van der Waals surface area contributed by atoms with Crippen molar-refractivity contribution in [3.8, 4) is 0 Å². The molecule has 1 aromatic carbocycles. The highest BCUT2D eigenvalue weighted by Gasteiger charge is 2.04. The highest BCUT2D eigenvalue weighted by Crippen LogP contribution is 2.24. The summed E-state index contributed by atoms with van der Waals surface area (Å²) in [7, 11) is 0. The summed E-state index contributed by atoms with van der Waals surface area (Å²) >= 11 is 6.00. The van der Waals surface area contributed by atoms with Crippen molar-refractivity contribution in [2.24, 2.45) is 0 Å². The van der Waals surface area contributed by atoms with Crippen LogP contribution in [0.3, 0.4) is 0 Å². The SMILES string of the molecule is CC/C=C\CC(C)c1ccc(Cl)c(C)c1. The van der Waals surface area contributed by atoms with Gasteiger partial charge in [-0.05, 0) is 42.9 Å². The van der Waals surface area contributed by atoms with E-state index in [1.54, 1.807) is 0 Å². The van der Waals surface area contributed by atoms with Gasteiger partial charge in [0, 0.05) is 5.02 Å². The standard InChI is InChI=1S/C14H19Cl/c1-4-5-6-7-11(2)13-8-9-14(15)12(3)10-13/h5-6,8-11H,4,7H2,1-3H3/b6-5-. The van der Waals surface area contributed by atoms with Crippen LogP contribution in [0.2, 0.25) is 5.02 Å². The first-order valence-electron chi connectivity index (χ1n) is 5.56. The zero-order valence-corrected chi connectivity index (χ0v) is 10.5. The molecule has 1 atom stereocenters.